The lowest BCUT2D eigenvalue weighted by Crippen LogP contribution is -2.41. The largest absolute Gasteiger partial charge is 0.378 e. The fourth-order valence-corrected chi connectivity index (χ4v) is 5.02. The fourth-order valence-electron chi connectivity index (χ4n) is 4.19. The summed E-state index contributed by atoms with van der Waals surface area (Å²) >= 11 is 1.63. The van der Waals surface area contributed by atoms with E-state index in [2.05, 4.69) is 10.4 Å². The summed E-state index contributed by atoms with van der Waals surface area (Å²) in [4.78, 5) is 35.6. The lowest BCUT2D eigenvalue weighted by atomic mass is 10.1. The summed E-state index contributed by atoms with van der Waals surface area (Å²) in [6.07, 6.45) is 1.69. The van der Waals surface area contributed by atoms with Gasteiger partial charge in [0.05, 0.1) is 52.2 Å². The zero-order chi connectivity index (χ0) is 24.5. The number of aryl methyl sites for hydroxylation is 1. The number of hydrogen-bond donors (Lipinski definition) is 1. The average Bonchev–Trinajstić information content (AvgIpc) is 3.50. The number of benzene rings is 1. The van der Waals surface area contributed by atoms with Gasteiger partial charge in [0.25, 0.3) is 11.8 Å². The van der Waals surface area contributed by atoms with Gasteiger partial charge in [-0.1, -0.05) is 12.1 Å². The van der Waals surface area contributed by atoms with E-state index in [9.17, 15) is 9.59 Å². The molecule has 0 bridgehead atoms. The molecule has 0 unspecified atom stereocenters. The van der Waals surface area contributed by atoms with Crippen molar-refractivity contribution in [1.82, 2.24) is 19.7 Å². The first-order valence-corrected chi connectivity index (χ1v) is 12.5. The number of aromatic nitrogens is 3. The van der Waals surface area contributed by atoms with Crippen molar-refractivity contribution in [3.8, 4) is 10.6 Å². The monoisotopic (exact) mass is 489 g/mol. The maximum atomic E-state index is 13.6. The van der Waals surface area contributed by atoms with Crippen molar-refractivity contribution in [1.29, 1.82) is 0 Å². The van der Waals surface area contributed by atoms with E-state index >= 15 is 0 Å². The maximum absolute atomic E-state index is 13.6. The molecule has 1 aromatic carbocycles. The third kappa shape index (κ3) is 4.56. The van der Waals surface area contributed by atoms with E-state index in [0.29, 0.717) is 54.2 Å². The highest BCUT2D eigenvalue weighted by atomic mass is 32.1. The minimum atomic E-state index is -0.308. The molecule has 0 saturated carbocycles. The topological polar surface area (TPSA) is 89.4 Å². The van der Waals surface area contributed by atoms with Crippen LogP contribution in [0.15, 0.2) is 48.7 Å². The second kappa shape index (κ2) is 9.59. The Morgan fingerprint density at radius 1 is 1.09 bits per heavy atom. The van der Waals surface area contributed by atoms with Crippen LogP contribution < -0.4 is 5.32 Å². The quantitative estimate of drug-likeness (QED) is 0.436. The zero-order valence-corrected chi connectivity index (χ0v) is 20.8. The van der Waals surface area contributed by atoms with E-state index < -0.39 is 0 Å². The number of para-hydroxylation sites is 1. The molecule has 1 N–H and O–H groups in total. The highest BCUT2D eigenvalue weighted by Gasteiger charge is 2.24. The maximum Gasteiger partial charge on any atom is 0.256 e. The highest BCUT2D eigenvalue weighted by molar-refractivity contribution is 7.15. The molecule has 1 fully saturated rings. The Morgan fingerprint density at radius 2 is 1.86 bits per heavy atom. The molecule has 1 aliphatic heterocycles. The first kappa shape index (κ1) is 23.2. The number of pyridine rings is 1. The molecular weight excluding hydrogens is 462 g/mol. The molecule has 2 amide bonds. The van der Waals surface area contributed by atoms with Crippen LogP contribution >= 0.6 is 11.3 Å². The first-order valence-electron chi connectivity index (χ1n) is 11.6. The van der Waals surface area contributed by atoms with Crippen LogP contribution in [-0.4, -0.2) is 57.8 Å². The first-order chi connectivity index (χ1) is 16.9. The number of fused-ring (bicyclic) bond motifs is 1. The van der Waals surface area contributed by atoms with Crippen molar-refractivity contribution in [3.05, 3.63) is 64.7 Å². The molecule has 5 rings (SSSR count). The van der Waals surface area contributed by atoms with Gasteiger partial charge < -0.3 is 15.0 Å². The van der Waals surface area contributed by atoms with Crippen LogP contribution in [0.1, 0.15) is 45.5 Å². The zero-order valence-electron chi connectivity index (χ0n) is 19.9. The Hall–Kier alpha value is -3.56. The SMILES string of the molecule is Cc1ccc(-c2cc(C(=O)Nc3ccccc3C(=O)N3CCOCC3)c3cnn(C(C)C)c3n2)s1. The highest BCUT2D eigenvalue weighted by Crippen LogP contribution is 2.31. The fraction of sp³-hybridized carbons (Fsp3) is 0.308. The van der Waals surface area contributed by atoms with E-state index in [1.54, 1.807) is 40.6 Å². The summed E-state index contributed by atoms with van der Waals surface area (Å²) in [6.45, 7) is 8.20. The van der Waals surface area contributed by atoms with Gasteiger partial charge >= 0.3 is 0 Å². The molecular formula is C26H27N5O3S. The van der Waals surface area contributed by atoms with Crippen molar-refractivity contribution in [2.75, 3.05) is 31.6 Å². The molecule has 1 saturated heterocycles. The van der Waals surface area contributed by atoms with Crippen molar-refractivity contribution in [2.24, 2.45) is 0 Å². The van der Waals surface area contributed by atoms with Gasteiger partial charge in [0.2, 0.25) is 0 Å². The van der Waals surface area contributed by atoms with E-state index in [4.69, 9.17) is 9.72 Å². The molecule has 1 aliphatic rings. The van der Waals surface area contributed by atoms with Gasteiger partial charge in [-0.05, 0) is 51.1 Å². The van der Waals surface area contributed by atoms with Gasteiger partial charge in [-0.2, -0.15) is 5.10 Å². The summed E-state index contributed by atoms with van der Waals surface area (Å²) in [5.74, 6) is -0.427. The molecule has 4 aromatic rings. The number of amides is 2. The molecule has 3 aromatic heterocycles. The molecule has 0 radical (unpaired) electrons. The molecule has 180 valence electrons. The third-order valence-corrected chi connectivity index (χ3v) is 7.02. The number of morpholine rings is 1. The Balaban J connectivity index is 1.54. The van der Waals surface area contributed by atoms with Gasteiger partial charge in [0.1, 0.15) is 0 Å². The number of hydrogen-bond acceptors (Lipinski definition) is 6. The Kier molecular flexibility index (Phi) is 6.36. The molecule has 8 nitrogen and oxygen atoms in total. The van der Waals surface area contributed by atoms with Crippen LogP contribution in [0.2, 0.25) is 0 Å². The number of anilines is 1. The summed E-state index contributed by atoms with van der Waals surface area (Å²) in [5, 5.41) is 8.15. The van der Waals surface area contributed by atoms with E-state index in [1.807, 2.05) is 49.7 Å². The Labute approximate surface area is 207 Å². The minimum Gasteiger partial charge on any atom is -0.378 e. The number of ether oxygens (including phenoxy) is 1. The third-order valence-electron chi connectivity index (χ3n) is 6.00. The molecule has 0 aliphatic carbocycles. The van der Waals surface area contributed by atoms with Gasteiger partial charge in [-0.15, -0.1) is 11.3 Å². The number of nitrogens with one attached hydrogen (secondary N) is 1. The minimum absolute atomic E-state index is 0.0862. The standard InChI is InChI=1S/C26H27N5O3S/c1-16(2)31-24-20(15-27-31)19(14-22(28-24)23-9-8-17(3)35-23)25(32)29-21-7-5-4-6-18(21)26(33)30-10-12-34-13-11-30/h4-9,14-16H,10-13H2,1-3H3,(H,29,32). The van der Waals surface area contributed by atoms with Crippen LogP contribution in [0.5, 0.6) is 0 Å². The summed E-state index contributed by atoms with van der Waals surface area (Å²) in [7, 11) is 0. The number of thiophene rings is 1. The van der Waals surface area contributed by atoms with Crippen molar-refractivity contribution < 1.29 is 14.3 Å². The predicted octanol–water partition coefficient (Wildman–Crippen LogP) is 4.77. The molecule has 0 spiro atoms. The predicted molar refractivity (Wildman–Crippen MR) is 137 cm³/mol. The van der Waals surface area contributed by atoms with E-state index in [1.165, 1.54) is 4.88 Å². The van der Waals surface area contributed by atoms with Crippen molar-refractivity contribution in [2.45, 2.75) is 26.8 Å². The van der Waals surface area contributed by atoms with Crippen LogP contribution in [0.3, 0.4) is 0 Å². The lowest BCUT2D eigenvalue weighted by molar-refractivity contribution is 0.0303. The van der Waals surface area contributed by atoms with Crippen molar-refractivity contribution >= 4 is 39.9 Å². The lowest BCUT2D eigenvalue weighted by Gasteiger charge is -2.27. The molecule has 9 heteroatoms. The van der Waals surface area contributed by atoms with E-state index in [0.717, 1.165) is 10.6 Å². The molecule has 35 heavy (non-hydrogen) atoms. The van der Waals surface area contributed by atoms with Gasteiger partial charge in [-0.3, -0.25) is 9.59 Å². The smallest absolute Gasteiger partial charge is 0.256 e. The number of carbonyl (C=O) groups is 2. The number of rotatable bonds is 5. The molecule has 4 heterocycles. The Bertz CT molecular complexity index is 1400. The van der Waals surface area contributed by atoms with Crippen LogP contribution in [-0.2, 0) is 4.74 Å². The van der Waals surface area contributed by atoms with E-state index in [-0.39, 0.29) is 17.9 Å². The van der Waals surface area contributed by atoms with Crippen LogP contribution in [0.4, 0.5) is 5.69 Å². The summed E-state index contributed by atoms with van der Waals surface area (Å²) in [5.41, 5.74) is 2.78. The average molecular weight is 490 g/mol. The normalized spacial score (nSPS) is 14.0. The van der Waals surface area contributed by atoms with Gasteiger partial charge in [0, 0.05) is 24.0 Å². The summed E-state index contributed by atoms with van der Waals surface area (Å²) < 4.78 is 7.20. The van der Waals surface area contributed by atoms with Crippen molar-refractivity contribution in [3.63, 3.8) is 0 Å². The van der Waals surface area contributed by atoms with Crippen LogP contribution in [0.25, 0.3) is 21.6 Å². The second-order valence-electron chi connectivity index (χ2n) is 8.79. The summed E-state index contributed by atoms with van der Waals surface area (Å²) in [6, 6.07) is 13.1. The van der Waals surface area contributed by atoms with Gasteiger partial charge in [0.15, 0.2) is 5.65 Å². The van der Waals surface area contributed by atoms with Gasteiger partial charge in [-0.25, -0.2) is 9.67 Å². The Morgan fingerprint density at radius 3 is 2.57 bits per heavy atom. The number of nitrogens with zero attached hydrogens (tertiary/aromatic N) is 4. The number of carbonyl (C=O) groups excluding carboxylic acids is 2. The second-order valence-corrected chi connectivity index (χ2v) is 10.1. The molecule has 0 atom stereocenters. The van der Waals surface area contributed by atoms with Crippen LogP contribution in [0, 0.1) is 6.92 Å².